The molecule has 1 atom stereocenters. The minimum Gasteiger partial charge on any atom is -0.493 e. The lowest BCUT2D eigenvalue weighted by atomic mass is 9.98. The third kappa shape index (κ3) is 6.09. The zero-order valence-electron chi connectivity index (χ0n) is 12.8. The van der Waals surface area contributed by atoms with Crippen LogP contribution >= 0.6 is 0 Å². The minimum atomic E-state index is -0.939. The van der Waals surface area contributed by atoms with E-state index in [2.05, 4.69) is 20.8 Å². The third-order valence-electron chi connectivity index (χ3n) is 3.46. The zero-order valence-corrected chi connectivity index (χ0v) is 12.8. The van der Waals surface area contributed by atoms with Crippen LogP contribution in [-0.2, 0) is 0 Å². The van der Waals surface area contributed by atoms with Gasteiger partial charge in [0.15, 0.2) is 0 Å². The molecule has 0 fully saturated rings. The van der Waals surface area contributed by atoms with Gasteiger partial charge in [0.05, 0.1) is 6.61 Å². The highest BCUT2D eigenvalue weighted by Gasteiger charge is 2.10. The first-order valence-corrected chi connectivity index (χ1v) is 7.45. The second-order valence-corrected chi connectivity index (χ2v) is 5.87. The summed E-state index contributed by atoms with van der Waals surface area (Å²) in [4.78, 5) is 11.0. The maximum atomic E-state index is 11.0. The van der Waals surface area contributed by atoms with Gasteiger partial charge in [-0.05, 0) is 30.4 Å². The van der Waals surface area contributed by atoms with E-state index in [1.807, 2.05) is 0 Å². The van der Waals surface area contributed by atoms with Gasteiger partial charge in [-0.3, -0.25) is 0 Å². The molecule has 3 heteroatoms. The van der Waals surface area contributed by atoms with Crippen LogP contribution in [0.25, 0.3) is 0 Å². The lowest BCUT2D eigenvalue weighted by molar-refractivity contribution is 0.0692. The Hall–Kier alpha value is -1.51. The highest BCUT2D eigenvalue weighted by Crippen LogP contribution is 2.20. The number of carbonyl (C=O) groups is 1. The van der Waals surface area contributed by atoms with E-state index in [0.29, 0.717) is 18.3 Å². The normalized spacial score (nSPS) is 12.4. The van der Waals surface area contributed by atoms with Gasteiger partial charge in [-0.25, -0.2) is 4.79 Å². The number of para-hydroxylation sites is 1. The Labute approximate surface area is 122 Å². The average molecular weight is 278 g/mol. The van der Waals surface area contributed by atoms with Crippen molar-refractivity contribution >= 4 is 5.97 Å². The maximum absolute atomic E-state index is 11.0. The molecule has 0 saturated carbocycles. The first-order valence-electron chi connectivity index (χ1n) is 7.45. The number of ether oxygens (including phenoxy) is 1. The topological polar surface area (TPSA) is 46.5 Å². The van der Waals surface area contributed by atoms with E-state index in [9.17, 15) is 4.79 Å². The molecule has 1 unspecified atom stereocenters. The van der Waals surface area contributed by atoms with E-state index in [1.54, 1.807) is 24.3 Å². The van der Waals surface area contributed by atoms with Crippen molar-refractivity contribution in [3.8, 4) is 5.75 Å². The average Bonchev–Trinajstić information content (AvgIpc) is 2.38. The van der Waals surface area contributed by atoms with E-state index in [-0.39, 0.29) is 5.56 Å². The van der Waals surface area contributed by atoms with Crippen LogP contribution in [-0.4, -0.2) is 17.7 Å². The highest BCUT2D eigenvalue weighted by molar-refractivity contribution is 5.90. The molecule has 1 rings (SSSR count). The summed E-state index contributed by atoms with van der Waals surface area (Å²) in [5.41, 5.74) is 0.236. The van der Waals surface area contributed by atoms with E-state index in [0.717, 1.165) is 12.3 Å². The van der Waals surface area contributed by atoms with Crippen molar-refractivity contribution in [2.45, 2.75) is 46.5 Å². The monoisotopic (exact) mass is 278 g/mol. The molecule has 0 saturated heterocycles. The van der Waals surface area contributed by atoms with Crippen LogP contribution in [0.15, 0.2) is 24.3 Å². The predicted octanol–water partition coefficient (Wildman–Crippen LogP) is 4.62. The molecule has 112 valence electrons. The van der Waals surface area contributed by atoms with Crippen molar-refractivity contribution in [1.82, 2.24) is 0 Å². The van der Waals surface area contributed by atoms with Crippen LogP contribution in [0, 0.1) is 11.8 Å². The molecule has 0 aliphatic heterocycles. The number of carboxylic acid groups (broad SMARTS) is 1. The fourth-order valence-electron chi connectivity index (χ4n) is 2.16. The molecule has 0 radical (unpaired) electrons. The Morgan fingerprint density at radius 1 is 1.15 bits per heavy atom. The van der Waals surface area contributed by atoms with Crippen LogP contribution in [0.2, 0.25) is 0 Å². The molecule has 0 bridgehead atoms. The number of rotatable bonds is 9. The molecule has 0 spiro atoms. The smallest absolute Gasteiger partial charge is 0.339 e. The van der Waals surface area contributed by atoms with Gasteiger partial charge in [-0.2, -0.15) is 0 Å². The molecule has 3 nitrogen and oxygen atoms in total. The van der Waals surface area contributed by atoms with Gasteiger partial charge >= 0.3 is 5.97 Å². The minimum absolute atomic E-state index is 0.236. The first kappa shape index (κ1) is 16.5. The van der Waals surface area contributed by atoms with Gasteiger partial charge in [0, 0.05) is 0 Å². The molecule has 20 heavy (non-hydrogen) atoms. The quantitative estimate of drug-likeness (QED) is 0.717. The molecule has 1 aromatic carbocycles. The summed E-state index contributed by atoms with van der Waals surface area (Å²) in [6.45, 7) is 7.30. The number of hydrogen-bond acceptors (Lipinski definition) is 2. The number of carboxylic acids is 1. The van der Waals surface area contributed by atoms with Crippen molar-refractivity contribution < 1.29 is 14.6 Å². The first-order chi connectivity index (χ1) is 9.50. The SMILES string of the molecule is CC(C)CCCC(C)CCOc1ccccc1C(=O)O. The second kappa shape index (κ2) is 8.62. The lowest BCUT2D eigenvalue weighted by Gasteiger charge is -2.14. The van der Waals surface area contributed by atoms with Gasteiger partial charge < -0.3 is 9.84 Å². The number of benzene rings is 1. The van der Waals surface area contributed by atoms with Crippen molar-refractivity contribution in [3.05, 3.63) is 29.8 Å². The molecular weight excluding hydrogens is 252 g/mol. The van der Waals surface area contributed by atoms with Crippen LogP contribution in [0.3, 0.4) is 0 Å². The van der Waals surface area contributed by atoms with Gasteiger partial charge in [-0.15, -0.1) is 0 Å². The van der Waals surface area contributed by atoms with Crippen molar-refractivity contribution in [2.24, 2.45) is 11.8 Å². The molecule has 0 aliphatic carbocycles. The van der Waals surface area contributed by atoms with Crippen LogP contribution < -0.4 is 4.74 Å². The largest absolute Gasteiger partial charge is 0.493 e. The van der Waals surface area contributed by atoms with E-state index < -0.39 is 5.97 Å². The lowest BCUT2D eigenvalue weighted by Crippen LogP contribution is -2.07. The summed E-state index contributed by atoms with van der Waals surface area (Å²) in [7, 11) is 0. The number of aromatic carboxylic acids is 1. The highest BCUT2D eigenvalue weighted by atomic mass is 16.5. The molecule has 0 aliphatic rings. The van der Waals surface area contributed by atoms with E-state index >= 15 is 0 Å². The van der Waals surface area contributed by atoms with E-state index in [4.69, 9.17) is 9.84 Å². The van der Waals surface area contributed by atoms with Gasteiger partial charge in [0.2, 0.25) is 0 Å². The second-order valence-electron chi connectivity index (χ2n) is 5.87. The Morgan fingerprint density at radius 2 is 1.85 bits per heavy atom. The molecule has 0 amide bonds. The Morgan fingerprint density at radius 3 is 2.50 bits per heavy atom. The maximum Gasteiger partial charge on any atom is 0.339 e. The van der Waals surface area contributed by atoms with Crippen molar-refractivity contribution in [1.29, 1.82) is 0 Å². The molecule has 1 N–H and O–H groups in total. The van der Waals surface area contributed by atoms with Crippen LogP contribution in [0.1, 0.15) is 56.8 Å². The summed E-state index contributed by atoms with van der Waals surface area (Å²) in [5, 5.41) is 9.06. The molecular formula is C17H26O3. The molecule has 0 heterocycles. The molecule has 1 aromatic rings. The standard InChI is InChI=1S/C17H26O3/c1-13(2)7-6-8-14(3)11-12-20-16-10-5-4-9-15(16)17(18)19/h4-5,9-10,13-14H,6-8,11-12H2,1-3H3,(H,18,19). The summed E-state index contributed by atoms with van der Waals surface area (Å²) in [5.74, 6) is 0.909. The fraction of sp³-hybridized carbons (Fsp3) is 0.588. The van der Waals surface area contributed by atoms with Gasteiger partial charge in [0.25, 0.3) is 0 Å². The summed E-state index contributed by atoms with van der Waals surface area (Å²) in [6.07, 6.45) is 4.70. The number of hydrogen-bond donors (Lipinski definition) is 1. The fourth-order valence-corrected chi connectivity index (χ4v) is 2.16. The summed E-state index contributed by atoms with van der Waals surface area (Å²) >= 11 is 0. The van der Waals surface area contributed by atoms with Crippen molar-refractivity contribution in [2.75, 3.05) is 6.61 Å². The van der Waals surface area contributed by atoms with Crippen molar-refractivity contribution in [3.63, 3.8) is 0 Å². The van der Waals surface area contributed by atoms with E-state index in [1.165, 1.54) is 19.3 Å². The zero-order chi connectivity index (χ0) is 15.0. The predicted molar refractivity (Wildman–Crippen MR) is 81.4 cm³/mol. The summed E-state index contributed by atoms with van der Waals surface area (Å²) in [6, 6.07) is 6.80. The molecule has 0 aromatic heterocycles. The Kier molecular flexibility index (Phi) is 7.13. The van der Waals surface area contributed by atoms with Crippen LogP contribution in [0.4, 0.5) is 0 Å². The third-order valence-corrected chi connectivity index (χ3v) is 3.46. The Balaban J connectivity index is 2.32. The Bertz CT molecular complexity index is 412. The van der Waals surface area contributed by atoms with Crippen LogP contribution in [0.5, 0.6) is 5.75 Å². The van der Waals surface area contributed by atoms with Gasteiger partial charge in [-0.1, -0.05) is 52.2 Å². The van der Waals surface area contributed by atoms with Gasteiger partial charge in [0.1, 0.15) is 11.3 Å². The summed E-state index contributed by atoms with van der Waals surface area (Å²) < 4.78 is 5.62.